The Labute approximate surface area is 169 Å². The lowest BCUT2D eigenvalue weighted by Gasteiger charge is -2.13. The maximum Gasteiger partial charge on any atom is 0.332 e. The number of thiophene rings is 1. The first-order valence-corrected chi connectivity index (χ1v) is 9.97. The summed E-state index contributed by atoms with van der Waals surface area (Å²) >= 11 is 1.26. The number of benzene rings is 1. The molecule has 4 rings (SSSR count). The molecule has 8 heteroatoms. The van der Waals surface area contributed by atoms with E-state index in [2.05, 4.69) is 5.32 Å². The van der Waals surface area contributed by atoms with Gasteiger partial charge in [0.2, 0.25) is 5.91 Å². The van der Waals surface area contributed by atoms with Crippen LogP contribution in [0.5, 0.6) is 0 Å². The van der Waals surface area contributed by atoms with Gasteiger partial charge >= 0.3 is 5.69 Å². The number of carbonyl (C=O) groups is 1. The van der Waals surface area contributed by atoms with E-state index in [4.69, 9.17) is 4.42 Å². The molecule has 1 N–H and O–H groups in total. The third kappa shape index (κ3) is 3.79. The van der Waals surface area contributed by atoms with E-state index in [9.17, 15) is 14.4 Å². The molecule has 0 saturated heterocycles. The molecule has 0 aliphatic rings. The molecule has 0 spiro atoms. The lowest BCUT2D eigenvalue weighted by Crippen LogP contribution is -2.43. The van der Waals surface area contributed by atoms with E-state index >= 15 is 0 Å². The molecule has 0 bridgehead atoms. The van der Waals surface area contributed by atoms with E-state index < -0.39 is 17.2 Å². The second-order valence-corrected chi connectivity index (χ2v) is 7.59. The zero-order chi connectivity index (χ0) is 20.4. The highest BCUT2D eigenvalue weighted by atomic mass is 32.1. The van der Waals surface area contributed by atoms with E-state index in [1.807, 2.05) is 31.2 Å². The van der Waals surface area contributed by atoms with Crippen LogP contribution in [0.1, 0.15) is 16.9 Å². The van der Waals surface area contributed by atoms with Crippen molar-refractivity contribution < 1.29 is 9.21 Å². The fourth-order valence-corrected chi connectivity index (χ4v) is 4.02. The van der Waals surface area contributed by atoms with Crippen LogP contribution in [0.25, 0.3) is 10.2 Å². The predicted octanol–water partition coefficient (Wildman–Crippen LogP) is 2.49. The van der Waals surface area contributed by atoms with Crippen LogP contribution >= 0.6 is 11.3 Å². The SMILES string of the molecule is Cc1ccccc1Cn1c(=O)n(CC(=O)NCc2ccco2)c(=O)c2sccc21. The van der Waals surface area contributed by atoms with Gasteiger partial charge in [0.25, 0.3) is 5.56 Å². The van der Waals surface area contributed by atoms with Crippen LogP contribution in [-0.2, 0) is 24.4 Å². The first kappa shape index (κ1) is 18.9. The van der Waals surface area contributed by atoms with Crippen LogP contribution in [0.3, 0.4) is 0 Å². The Balaban J connectivity index is 1.69. The van der Waals surface area contributed by atoms with Crippen LogP contribution in [0, 0.1) is 6.92 Å². The van der Waals surface area contributed by atoms with Crippen molar-refractivity contribution in [1.29, 1.82) is 0 Å². The molecule has 1 amide bonds. The molecule has 4 aromatic rings. The maximum atomic E-state index is 13.1. The minimum Gasteiger partial charge on any atom is -0.467 e. The fourth-order valence-electron chi connectivity index (χ4n) is 3.18. The van der Waals surface area contributed by atoms with Crippen molar-refractivity contribution in [3.05, 3.63) is 91.8 Å². The Hall–Kier alpha value is -3.39. The summed E-state index contributed by atoms with van der Waals surface area (Å²) in [4.78, 5) is 38.3. The smallest absolute Gasteiger partial charge is 0.332 e. The van der Waals surface area contributed by atoms with Crippen LogP contribution in [-0.4, -0.2) is 15.0 Å². The number of amides is 1. The molecule has 0 unspecified atom stereocenters. The molecule has 3 heterocycles. The second kappa shape index (κ2) is 7.92. The highest BCUT2D eigenvalue weighted by Crippen LogP contribution is 2.17. The number of carbonyl (C=O) groups excluding carboxylic acids is 1. The number of nitrogens with one attached hydrogen (secondary N) is 1. The molecule has 148 valence electrons. The van der Waals surface area contributed by atoms with Crippen LogP contribution in [0.2, 0.25) is 0 Å². The minimum absolute atomic E-state index is 0.194. The van der Waals surface area contributed by atoms with Crippen LogP contribution < -0.4 is 16.6 Å². The summed E-state index contributed by atoms with van der Waals surface area (Å²) < 4.78 is 8.18. The molecule has 1 aromatic carbocycles. The standard InChI is InChI=1S/C21H19N3O4S/c1-14-5-2-3-6-15(14)12-23-17-8-10-29-19(17)20(26)24(21(23)27)13-18(25)22-11-16-7-4-9-28-16/h2-10H,11-13H2,1H3,(H,22,25). The normalized spacial score (nSPS) is 11.1. The van der Waals surface area contributed by atoms with E-state index in [1.165, 1.54) is 17.6 Å². The van der Waals surface area contributed by atoms with Gasteiger partial charge in [-0.05, 0) is 41.6 Å². The summed E-state index contributed by atoms with van der Waals surface area (Å²) in [5.74, 6) is 0.162. The minimum atomic E-state index is -0.502. The first-order valence-electron chi connectivity index (χ1n) is 9.09. The van der Waals surface area contributed by atoms with Gasteiger partial charge in [-0.1, -0.05) is 24.3 Å². The van der Waals surface area contributed by atoms with Gasteiger partial charge < -0.3 is 9.73 Å². The molecule has 0 atom stereocenters. The zero-order valence-corrected chi connectivity index (χ0v) is 16.6. The largest absolute Gasteiger partial charge is 0.467 e. The van der Waals surface area contributed by atoms with Crippen molar-refractivity contribution >= 4 is 27.5 Å². The number of nitrogens with zero attached hydrogens (tertiary/aromatic N) is 2. The topological polar surface area (TPSA) is 86.2 Å². The number of fused-ring (bicyclic) bond motifs is 1. The van der Waals surface area contributed by atoms with Crippen molar-refractivity contribution in [3.63, 3.8) is 0 Å². The van der Waals surface area contributed by atoms with E-state index in [1.54, 1.807) is 28.1 Å². The summed E-state index contributed by atoms with van der Waals surface area (Å²) in [5, 5.41) is 4.45. The van der Waals surface area contributed by atoms with Gasteiger partial charge in [0.1, 0.15) is 17.0 Å². The maximum absolute atomic E-state index is 13.1. The molecule has 0 radical (unpaired) electrons. The van der Waals surface area contributed by atoms with Gasteiger partial charge in [0.15, 0.2) is 0 Å². The number of rotatable bonds is 6. The van der Waals surface area contributed by atoms with Crippen molar-refractivity contribution in [1.82, 2.24) is 14.5 Å². The van der Waals surface area contributed by atoms with Gasteiger partial charge in [-0.25, -0.2) is 9.36 Å². The summed E-state index contributed by atoms with van der Waals surface area (Å²) in [6, 6.07) is 13.0. The van der Waals surface area contributed by atoms with Gasteiger partial charge in [-0.15, -0.1) is 11.3 Å². The molecule has 0 fully saturated rings. The lowest BCUT2D eigenvalue weighted by atomic mass is 10.1. The summed E-state index contributed by atoms with van der Waals surface area (Å²) in [6.07, 6.45) is 1.51. The molecule has 29 heavy (non-hydrogen) atoms. The molecule has 0 saturated carbocycles. The van der Waals surface area contributed by atoms with E-state index in [-0.39, 0.29) is 13.1 Å². The Morgan fingerprint density at radius 1 is 1.10 bits per heavy atom. The highest BCUT2D eigenvalue weighted by molar-refractivity contribution is 7.17. The Morgan fingerprint density at radius 3 is 2.69 bits per heavy atom. The second-order valence-electron chi connectivity index (χ2n) is 6.68. The number of hydrogen-bond donors (Lipinski definition) is 1. The number of aryl methyl sites for hydroxylation is 1. The molecular formula is C21H19N3O4S. The summed E-state index contributed by atoms with van der Waals surface area (Å²) in [5.41, 5.74) is 1.67. The Bertz CT molecular complexity index is 1280. The van der Waals surface area contributed by atoms with Crippen molar-refractivity contribution in [2.24, 2.45) is 0 Å². The summed E-state index contributed by atoms with van der Waals surface area (Å²) in [6.45, 7) is 2.15. The first-order chi connectivity index (χ1) is 14.0. The van der Waals surface area contributed by atoms with Gasteiger partial charge in [-0.3, -0.25) is 14.2 Å². The van der Waals surface area contributed by atoms with E-state index in [0.717, 1.165) is 15.7 Å². The fraction of sp³-hybridized carbons (Fsp3) is 0.190. The number of hydrogen-bond acceptors (Lipinski definition) is 5. The average molecular weight is 409 g/mol. The molecule has 3 aromatic heterocycles. The zero-order valence-electron chi connectivity index (χ0n) is 15.8. The van der Waals surface area contributed by atoms with E-state index in [0.29, 0.717) is 22.5 Å². The van der Waals surface area contributed by atoms with Crippen molar-refractivity contribution in [3.8, 4) is 0 Å². The van der Waals surface area contributed by atoms with Crippen LogP contribution in [0.15, 0.2) is 68.1 Å². The number of aromatic nitrogens is 2. The van der Waals surface area contributed by atoms with Crippen molar-refractivity contribution in [2.45, 2.75) is 26.6 Å². The van der Waals surface area contributed by atoms with Gasteiger partial charge in [-0.2, -0.15) is 0 Å². The molecule has 0 aliphatic carbocycles. The third-order valence-corrected chi connectivity index (χ3v) is 5.66. The molecule has 0 aliphatic heterocycles. The van der Waals surface area contributed by atoms with Crippen LogP contribution in [0.4, 0.5) is 0 Å². The third-order valence-electron chi connectivity index (χ3n) is 4.77. The monoisotopic (exact) mass is 409 g/mol. The Kier molecular flexibility index (Phi) is 5.18. The summed E-state index contributed by atoms with van der Waals surface area (Å²) in [7, 11) is 0. The van der Waals surface area contributed by atoms with Crippen molar-refractivity contribution in [2.75, 3.05) is 0 Å². The lowest BCUT2D eigenvalue weighted by molar-refractivity contribution is -0.122. The molecular weight excluding hydrogens is 390 g/mol. The predicted molar refractivity (Wildman–Crippen MR) is 111 cm³/mol. The molecule has 7 nitrogen and oxygen atoms in total. The number of furan rings is 1. The highest BCUT2D eigenvalue weighted by Gasteiger charge is 2.17. The Morgan fingerprint density at radius 2 is 1.93 bits per heavy atom. The average Bonchev–Trinajstić information content (AvgIpc) is 3.40. The van der Waals surface area contributed by atoms with Gasteiger partial charge in [0.05, 0.1) is 24.9 Å². The van der Waals surface area contributed by atoms with Gasteiger partial charge in [0, 0.05) is 0 Å². The quantitative estimate of drug-likeness (QED) is 0.530.